The lowest BCUT2D eigenvalue weighted by Gasteiger charge is -2.12. The molecule has 2 rings (SSSR count). The van der Waals surface area contributed by atoms with E-state index in [2.05, 4.69) is 4.74 Å². The number of amides is 2. The highest BCUT2D eigenvalue weighted by molar-refractivity contribution is 8.18. The Bertz CT molecular complexity index is 637. The molecule has 116 valence electrons. The molecular formula is C15H16N2O4S. The van der Waals surface area contributed by atoms with Crippen LogP contribution in [-0.4, -0.2) is 49.8 Å². The summed E-state index contributed by atoms with van der Waals surface area (Å²) in [5.41, 5.74) is 1.85. The average molecular weight is 320 g/mol. The number of nitrogens with zero attached hydrogens (tertiary/aromatic N) is 2. The Morgan fingerprint density at radius 3 is 2.45 bits per heavy atom. The van der Waals surface area contributed by atoms with E-state index in [-0.39, 0.29) is 6.54 Å². The molecule has 22 heavy (non-hydrogen) atoms. The molecule has 1 saturated heterocycles. The Morgan fingerprint density at radius 2 is 1.91 bits per heavy atom. The van der Waals surface area contributed by atoms with Crippen LogP contribution in [0.2, 0.25) is 0 Å². The Balaban J connectivity index is 2.17. The minimum Gasteiger partial charge on any atom is -0.468 e. The number of anilines is 1. The number of hydrogen-bond acceptors (Lipinski definition) is 6. The van der Waals surface area contributed by atoms with Crippen molar-refractivity contribution in [2.24, 2.45) is 0 Å². The van der Waals surface area contributed by atoms with Gasteiger partial charge in [0.05, 0.1) is 12.0 Å². The van der Waals surface area contributed by atoms with Crippen LogP contribution in [-0.2, 0) is 14.3 Å². The normalized spacial score (nSPS) is 16.3. The molecule has 0 unspecified atom stereocenters. The molecule has 0 radical (unpaired) electrons. The highest BCUT2D eigenvalue weighted by Gasteiger charge is 2.36. The van der Waals surface area contributed by atoms with E-state index in [1.54, 1.807) is 6.08 Å². The number of thioether (sulfide) groups is 1. The first kappa shape index (κ1) is 16.1. The van der Waals surface area contributed by atoms with Crippen molar-refractivity contribution in [3.05, 3.63) is 34.7 Å². The molecule has 1 fully saturated rings. The molecule has 0 spiro atoms. The lowest BCUT2D eigenvalue weighted by Crippen LogP contribution is -2.34. The molecule has 1 aromatic carbocycles. The van der Waals surface area contributed by atoms with Crippen LogP contribution in [0.15, 0.2) is 29.2 Å². The molecule has 1 aliphatic rings. The summed E-state index contributed by atoms with van der Waals surface area (Å²) in [5.74, 6) is -1.10. The van der Waals surface area contributed by atoms with Crippen molar-refractivity contribution in [3.8, 4) is 0 Å². The molecule has 1 aliphatic heterocycles. The van der Waals surface area contributed by atoms with Crippen LogP contribution in [0.5, 0.6) is 0 Å². The van der Waals surface area contributed by atoms with Crippen molar-refractivity contribution in [3.63, 3.8) is 0 Å². The van der Waals surface area contributed by atoms with Crippen LogP contribution in [0.4, 0.5) is 10.5 Å². The van der Waals surface area contributed by atoms with E-state index in [0.29, 0.717) is 4.91 Å². The van der Waals surface area contributed by atoms with Crippen molar-refractivity contribution >= 4 is 40.6 Å². The Hall–Kier alpha value is -2.28. The number of benzene rings is 1. The number of carbonyl (C=O) groups is 3. The van der Waals surface area contributed by atoms with Gasteiger partial charge >= 0.3 is 5.97 Å². The van der Waals surface area contributed by atoms with Crippen molar-refractivity contribution < 1.29 is 19.1 Å². The number of carbonyl (C=O) groups excluding carboxylic acids is 3. The Kier molecular flexibility index (Phi) is 4.87. The van der Waals surface area contributed by atoms with Gasteiger partial charge in [-0.2, -0.15) is 0 Å². The van der Waals surface area contributed by atoms with Crippen LogP contribution in [0.1, 0.15) is 5.56 Å². The molecule has 1 heterocycles. The molecule has 1 aromatic rings. The average Bonchev–Trinajstić information content (AvgIpc) is 2.75. The summed E-state index contributed by atoms with van der Waals surface area (Å²) in [6.45, 7) is -0.363. The molecule has 0 aliphatic carbocycles. The van der Waals surface area contributed by atoms with Crippen LogP contribution >= 0.6 is 11.8 Å². The fourth-order valence-electron chi connectivity index (χ4n) is 1.85. The zero-order chi connectivity index (χ0) is 16.3. The minimum absolute atomic E-state index is 0.298. The second kappa shape index (κ2) is 6.65. The largest absolute Gasteiger partial charge is 0.468 e. The first-order valence-corrected chi connectivity index (χ1v) is 7.33. The van der Waals surface area contributed by atoms with E-state index < -0.39 is 17.1 Å². The van der Waals surface area contributed by atoms with Crippen molar-refractivity contribution in [2.75, 3.05) is 32.6 Å². The lowest BCUT2D eigenvalue weighted by molar-refractivity contribution is -0.143. The molecule has 6 nitrogen and oxygen atoms in total. The van der Waals surface area contributed by atoms with Gasteiger partial charge in [0.25, 0.3) is 11.1 Å². The molecule has 0 bridgehead atoms. The van der Waals surface area contributed by atoms with Crippen LogP contribution < -0.4 is 4.90 Å². The van der Waals surface area contributed by atoms with Crippen molar-refractivity contribution in [1.29, 1.82) is 0 Å². The van der Waals surface area contributed by atoms with E-state index in [1.807, 2.05) is 43.3 Å². The maximum atomic E-state index is 12.1. The number of rotatable bonds is 4. The zero-order valence-corrected chi connectivity index (χ0v) is 13.3. The van der Waals surface area contributed by atoms with Gasteiger partial charge < -0.3 is 9.64 Å². The molecular weight excluding hydrogens is 304 g/mol. The fraction of sp³-hybridized carbons (Fsp3) is 0.267. The zero-order valence-electron chi connectivity index (χ0n) is 12.5. The van der Waals surface area contributed by atoms with Crippen molar-refractivity contribution in [1.82, 2.24) is 4.90 Å². The highest BCUT2D eigenvalue weighted by atomic mass is 32.2. The summed E-state index contributed by atoms with van der Waals surface area (Å²) in [5, 5.41) is -0.466. The van der Waals surface area contributed by atoms with Crippen LogP contribution in [0.3, 0.4) is 0 Å². The van der Waals surface area contributed by atoms with E-state index in [9.17, 15) is 14.4 Å². The highest BCUT2D eigenvalue weighted by Crippen LogP contribution is 2.32. The van der Waals surface area contributed by atoms with E-state index in [4.69, 9.17) is 0 Å². The van der Waals surface area contributed by atoms with Gasteiger partial charge in [-0.3, -0.25) is 19.3 Å². The van der Waals surface area contributed by atoms with Gasteiger partial charge in [-0.1, -0.05) is 12.1 Å². The first-order chi connectivity index (χ1) is 10.4. The predicted molar refractivity (Wildman–Crippen MR) is 85.5 cm³/mol. The van der Waals surface area contributed by atoms with Gasteiger partial charge in [-0.15, -0.1) is 0 Å². The topological polar surface area (TPSA) is 66.9 Å². The van der Waals surface area contributed by atoms with Gasteiger partial charge in [0.15, 0.2) is 0 Å². The summed E-state index contributed by atoms with van der Waals surface area (Å²) in [6, 6.07) is 7.57. The number of ether oxygens (including phenoxy) is 1. The summed E-state index contributed by atoms with van der Waals surface area (Å²) in [7, 11) is 5.09. The van der Waals surface area contributed by atoms with Gasteiger partial charge in [-0.25, -0.2) is 0 Å². The molecule has 0 atom stereocenters. The molecule has 0 aromatic heterocycles. The third kappa shape index (κ3) is 3.48. The first-order valence-electron chi connectivity index (χ1n) is 6.52. The maximum Gasteiger partial charge on any atom is 0.325 e. The smallest absolute Gasteiger partial charge is 0.325 e. The van der Waals surface area contributed by atoms with E-state index >= 15 is 0 Å². The van der Waals surface area contributed by atoms with Crippen LogP contribution in [0.25, 0.3) is 6.08 Å². The lowest BCUT2D eigenvalue weighted by atomic mass is 10.2. The molecule has 0 saturated carbocycles. The Morgan fingerprint density at radius 1 is 1.27 bits per heavy atom. The number of imide groups is 1. The molecule has 7 heteroatoms. The summed E-state index contributed by atoms with van der Waals surface area (Å²) in [4.78, 5) is 38.3. The maximum absolute atomic E-state index is 12.1. The molecule has 2 amide bonds. The van der Waals surface area contributed by atoms with E-state index in [1.165, 1.54) is 7.11 Å². The minimum atomic E-state index is -0.626. The number of methoxy groups -OCH3 is 1. The second-order valence-electron chi connectivity index (χ2n) is 4.83. The van der Waals surface area contributed by atoms with Gasteiger partial charge in [0.2, 0.25) is 0 Å². The van der Waals surface area contributed by atoms with Crippen molar-refractivity contribution in [2.45, 2.75) is 0 Å². The fourth-order valence-corrected chi connectivity index (χ4v) is 2.69. The quantitative estimate of drug-likeness (QED) is 0.624. The number of hydrogen-bond donors (Lipinski definition) is 0. The number of esters is 1. The summed E-state index contributed by atoms with van der Waals surface area (Å²) >= 11 is 0.820. The summed E-state index contributed by atoms with van der Waals surface area (Å²) < 4.78 is 4.48. The summed E-state index contributed by atoms with van der Waals surface area (Å²) in [6.07, 6.45) is 1.64. The third-order valence-electron chi connectivity index (χ3n) is 3.10. The predicted octanol–water partition coefficient (Wildman–Crippen LogP) is 1.96. The van der Waals surface area contributed by atoms with Gasteiger partial charge in [0.1, 0.15) is 6.54 Å². The van der Waals surface area contributed by atoms with Gasteiger partial charge in [0, 0.05) is 19.8 Å². The molecule has 0 N–H and O–H groups in total. The third-order valence-corrected chi connectivity index (χ3v) is 4.00. The Labute approximate surface area is 132 Å². The van der Waals surface area contributed by atoms with E-state index in [0.717, 1.165) is 27.9 Å². The standard InChI is InChI=1S/C15H16N2O4S/c1-16(2)11-6-4-10(5-7-11)8-12-14(19)17(15(20)22-12)9-13(18)21-3/h4-8H,9H2,1-3H3/b12-8+. The second-order valence-corrected chi connectivity index (χ2v) is 5.82. The van der Waals surface area contributed by atoms with Gasteiger partial charge in [-0.05, 0) is 35.5 Å². The SMILES string of the molecule is COC(=O)CN1C(=O)S/C(=C/c2ccc(N(C)C)cc2)C1=O. The monoisotopic (exact) mass is 320 g/mol. The van der Waals surface area contributed by atoms with Crippen LogP contribution in [0, 0.1) is 0 Å².